The lowest BCUT2D eigenvalue weighted by molar-refractivity contribution is -0.146. The summed E-state index contributed by atoms with van der Waals surface area (Å²) in [5, 5.41) is 9.64. The van der Waals surface area contributed by atoms with Crippen LogP contribution in [-0.2, 0) is 21.7 Å². The normalized spacial score (nSPS) is 28.4. The third-order valence-electron chi connectivity index (χ3n) is 6.54. The maximum atomic E-state index is 14.0. The first-order chi connectivity index (χ1) is 14.2. The van der Waals surface area contributed by atoms with Crippen LogP contribution in [0.5, 0.6) is 0 Å². The minimum Gasteiger partial charge on any atom is -0.432 e. The highest BCUT2D eigenvalue weighted by atomic mass is 127. The zero-order valence-corrected chi connectivity index (χ0v) is 20.7. The second kappa shape index (κ2) is 8.02. The van der Waals surface area contributed by atoms with Crippen molar-refractivity contribution in [1.82, 2.24) is 0 Å². The van der Waals surface area contributed by atoms with E-state index < -0.39 is 13.9 Å². The van der Waals surface area contributed by atoms with Crippen molar-refractivity contribution in [2.24, 2.45) is 5.92 Å². The number of amides is 1. The van der Waals surface area contributed by atoms with E-state index in [0.717, 1.165) is 20.4 Å². The van der Waals surface area contributed by atoms with Gasteiger partial charge in [0.15, 0.2) is 13.9 Å². The first-order valence-electron chi connectivity index (χ1n) is 10.4. The van der Waals surface area contributed by atoms with Crippen LogP contribution in [0.1, 0.15) is 24.5 Å². The van der Waals surface area contributed by atoms with Gasteiger partial charge in [0.05, 0.1) is 18.3 Å². The van der Waals surface area contributed by atoms with Gasteiger partial charge in [-0.25, -0.2) is 0 Å². The summed E-state index contributed by atoms with van der Waals surface area (Å²) in [5.74, 6) is -0.259. The summed E-state index contributed by atoms with van der Waals surface area (Å²) in [6.45, 7) is 6.27. The number of aliphatic hydroxyl groups excluding tert-OH is 1. The average Bonchev–Trinajstić information content (AvgIpc) is 3.10. The molecule has 2 aliphatic heterocycles. The zero-order chi connectivity index (χ0) is 21.7. The number of benzene rings is 2. The number of hydrogen-bond acceptors (Lipinski definition) is 4. The summed E-state index contributed by atoms with van der Waals surface area (Å²) < 4.78 is 7.62. The van der Waals surface area contributed by atoms with Crippen LogP contribution < -0.4 is 4.90 Å². The van der Waals surface area contributed by atoms with Gasteiger partial charge >= 0.3 is 0 Å². The molecular formula is C23H28INO4Si. The lowest BCUT2D eigenvalue weighted by Crippen LogP contribution is -2.46. The monoisotopic (exact) mass is 537 g/mol. The number of fused-ring (bicyclic) bond motifs is 2. The highest BCUT2D eigenvalue weighted by Gasteiger charge is 2.66. The van der Waals surface area contributed by atoms with Crippen molar-refractivity contribution in [1.29, 1.82) is 0 Å². The van der Waals surface area contributed by atoms with E-state index in [2.05, 4.69) is 22.6 Å². The largest absolute Gasteiger partial charge is 0.432 e. The fraction of sp³-hybridized carbons (Fsp3) is 0.435. The van der Waals surface area contributed by atoms with Crippen molar-refractivity contribution in [3.05, 3.63) is 63.2 Å². The smallest absolute Gasteiger partial charge is 0.264 e. The van der Waals surface area contributed by atoms with Gasteiger partial charge in [0, 0.05) is 27.2 Å². The van der Waals surface area contributed by atoms with Crippen LogP contribution in [0, 0.1) is 9.49 Å². The van der Waals surface area contributed by atoms with E-state index >= 15 is 0 Å². The molecule has 4 rings (SSSR count). The predicted molar refractivity (Wildman–Crippen MR) is 128 cm³/mol. The summed E-state index contributed by atoms with van der Waals surface area (Å²) >= 11 is 2.27. The van der Waals surface area contributed by atoms with Crippen LogP contribution in [0.25, 0.3) is 0 Å². The molecule has 30 heavy (non-hydrogen) atoms. The van der Waals surface area contributed by atoms with Gasteiger partial charge in [-0.15, -0.1) is 0 Å². The summed E-state index contributed by atoms with van der Waals surface area (Å²) in [5.41, 5.74) is 1.54. The molecule has 5 nitrogen and oxygen atoms in total. The number of anilines is 1. The molecule has 0 aromatic heterocycles. The fourth-order valence-electron chi connectivity index (χ4n) is 5.37. The lowest BCUT2D eigenvalue weighted by atomic mass is 9.82. The number of hydrogen-bond donors (Lipinski definition) is 2. The Bertz CT molecular complexity index is 948. The Balaban J connectivity index is 1.83. The Morgan fingerprint density at radius 3 is 2.53 bits per heavy atom. The van der Waals surface area contributed by atoms with Gasteiger partial charge in [-0.3, -0.25) is 4.79 Å². The Morgan fingerprint density at radius 2 is 1.90 bits per heavy atom. The fourth-order valence-corrected chi connectivity index (χ4v) is 8.46. The van der Waals surface area contributed by atoms with Crippen molar-refractivity contribution in [2.45, 2.75) is 50.2 Å². The number of aliphatic hydroxyl groups is 1. The topological polar surface area (TPSA) is 70.0 Å². The average molecular weight is 537 g/mol. The Labute approximate surface area is 192 Å². The molecule has 0 saturated carbocycles. The molecule has 0 radical (unpaired) electrons. The summed E-state index contributed by atoms with van der Waals surface area (Å²) in [6, 6.07) is 16.0. The second-order valence-corrected chi connectivity index (χ2v) is 14.1. The predicted octanol–water partition coefficient (Wildman–Crippen LogP) is 4.02. The van der Waals surface area contributed by atoms with Crippen LogP contribution in [-0.4, -0.2) is 36.8 Å². The third kappa shape index (κ3) is 3.44. The first kappa shape index (κ1) is 21.9. The molecule has 160 valence electrons. The molecule has 0 unspecified atom stereocenters. The number of halogens is 1. The van der Waals surface area contributed by atoms with E-state index in [1.807, 2.05) is 73.4 Å². The number of nitrogens with zero attached hydrogens (tertiary/aromatic N) is 1. The van der Waals surface area contributed by atoms with Gasteiger partial charge in [0.2, 0.25) is 0 Å². The first-order valence-corrected chi connectivity index (χ1v) is 14.5. The van der Waals surface area contributed by atoms with Crippen molar-refractivity contribution in [2.75, 3.05) is 11.5 Å². The molecule has 1 fully saturated rings. The quantitative estimate of drug-likeness (QED) is 0.447. The Morgan fingerprint density at radius 1 is 1.20 bits per heavy atom. The van der Waals surface area contributed by atoms with Crippen molar-refractivity contribution >= 4 is 42.5 Å². The van der Waals surface area contributed by atoms with Crippen LogP contribution in [0.4, 0.5) is 5.69 Å². The molecule has 2 aliphatic rings. The van der Waals surface area contributed by atoms with E-state index in [9.17, 15) is 14.7 Å². The molecular weight excluding hydrogens is 509 g/mol. The van der Waals surface area contributed by atoms with Gasteiger partial charge < -0.3 is 19.5 Å². The molecule has 2 N–H and O–H groups in total. The standard InChI is InChI=1S/C23H28INO4Si/c1-15-21(30(2,3)28)20(11-12-26)29-23(15)18-13-17(24)9-10-19(18)25(22(23)27)14-16-7-5-4-6-8-16/h4-10,13,15,20-21,26,28H,11-12,14H2,1-3H3/t15-,20+,21-,23+/m1/s1. The molecule has 0 aliphatic carbocycles. The SMILES string of the molecule is C[C@@H]1[C@@H]([Si](C)(C)O)[C@H](CCO)O[C@@]12C(=O)N(Cc1ccccc1)c1ccc(I)cc12. The highest BCUT2D eigenvalue weighted by molar-refractivity contribution is 14.1. The molecule has 2 aromatic carbocycles. The van der Waals surface area contributed by atoms with Gasteiger partial charge in [0.1, 0.15) is 0 Å². The van der Waals surface area contributed by atoms with Gasteiger partial charge in [0.25, 0.3) is 5.91 Å². The van der Waals surface area contributed by atoms with Gasteiger partial charge in [-0.05, 0) is 65.9 Å². The summed E-state index contributed by atoms with van der Waals surface area (Å²) in [4.78, 5) is 26.9. The van der Waals surface area contributed by atoms with Crippen LogP contribution >= 0.6 is 22.6 Å². The van der Waals surface area contributed by atoms with Gasteiger partial charge in [-0.2, -0.15) is 0 Å². The number of ether oxygens (including phenoxy) is 1. The number of carbonyl (C=O) groups excluding carboxylic acids is 1. The molecule has 1 amide bonds. The molecule has 1 saturated heterocycles. The van der Waals surface area contributed by atoms with Crippen LogP contribution in [0.2, 0.25) is 18.6 Å². The van der Waals surface area contributed by atoms with Crippen LogP contribution in [0.15, 0.2) is 48.5 Å². The third-order valence-corrected chi connectivity index (χ3v) is 9.72. The number of rotatable bonds is 5. The zero-order valence-electron chi connectivity index (χ0n) is 17.5. The lowest BCUT2D eigenvalue weighted by Gasteiger charge is -2.32. The van der Waals surface area contributed by atoms with Crippen LogP contribution in [0.3, 0.4) is 0 Å². The maximum Gasteiger partial charge on any atom is 0.264 e. The molecule has 2 heterocycles. The molecule has 4 atom stereocenters. The highest BCUT2D eigenvalue weighted by Crippen LogP contribution is 2.59. The minimum atomic E-state index is -2.65. The molecule has 0 bridgehead atoms. The number of carbonyl (C=O) groups is 1. The van der Waals surface area contributed by atoms with E-state index in [4.69, 9.17) is 4.74 Å². The van der Waals surface area contributed by atoms with E-state index in [-0.39, 0.29) is 30.1 Å². The Kier molecular flexibility index (Phi) is 5.86. The molecule has 7 heteroatoms. The van der Waals surface area contributed by atoms with E-state index in [1.54, 1.807) is 0 Å². The second-order valence-electron chi connectivity index (χ2n) is 8.91. The van der Waals surface area contributed by atoms with Crippen molar-refractivity contribution in [3.8, 4) is 0 Å². The van der Waals surface area contributed by atoms with E-state index in [0.29, 0.717) is 13.0 Å². The van der Waals surface area contributed by atoms with Crippen molar-refractivity contribution < 1.29 is 19.4 Å². The summed E-state index contributed by atoms with van der Waals surface area (Å²) in [7, 11) is -2.65. The molecule has 2 aromatic rings. The summed E-state index contributed by atoms with van der Waals surface area (Å²) in [6.07, 6.45) is 0.0712. The van der Waals surface area contributed by atoms with Crippen molar-refractivity contribution in [3.63, 3.8) is 0 Å². The maximum absolute atomic E-state index is 14.0. The minimum absolute atomic E-state index is 0.0322. The van der Waals surface area contributed by atoms with E-state index in [1.165, 1.54) is 0 Å². The van der Waals surface area contributed by atoms with Gasteiger partial charge in [-0.1, -0.05) is 37.3 Å². The Hall–Kier alpha value is -1.26. The molecule has 1 spiro atoms.